The second-order valence-corrected chi connectivity index (χ2v) is 7.94. The van der Waals surface area contributed by atoms with E-state index in [-0.39, 0.29) is 51.6 Å². The number of pyridine rings is 1. The maximum atomic E-state index is 15.0. The Kier molecular flexibility index (Phi) is 7.86. The van der Waals surface area contributed by atoms with Crippen molar-refractivity contribution >= 4 is 32.9 Å². The summed E-state index contributed by atoms with van der Waals surface area (Å²) in [6, 6.07) is 14.8. The third-order valence-electron chi connectivity index (χ3n) is 6.06. The fourth-order valence-corrected chi connectivity index (χ4v) is 4.50. The molecule has 0 spiro atoms. The van der Waals surface area contributed by atoms with Gasteiger partial charge < -0.3 is 14.7 Å². The van der Waals surface area contributed by atoms with E-state index in [4.69, 9.17) is 4.74 Å². The highest BCUT2D eigenvalue weighted by Gasteiger charge is 2.41. The highest BCUT2D eigenvalue weighted by molar-refractivity contribution is 7.59. The van der Waals surface area contributed by atoms with E-state index < -0.39 is 35.1 Å². The Morgan fingerprint density at radius 1 is 1.00 bits per heavy atom. The van der Waals surface area contributed by atoms with Gasteiger partial charge in [0.25, 0.3) is 5.91 Å². The molecule has 35 heavy (non-hydrogen) atoms. The fourth-order valence-electron chi connectivity index (χ4n) is 4.50. The summed E-state index contributed by atoms with van der Waals surface area (Å²) >= 11 is 0. The van der Waals surface area contributed by atoms with Crippen LogP contribution in [0.1, 0.15) is 34.6 Å². The van der Waals surface area contributed by atoms with Crippen molar-refractivity contribution in [3.63, 3.8) is 0 Å². The molecule has 2 aliphatic rings. The second-order valence-electron chi connectivity index (χ2n) is 7.94. The van der Waals surface area contributed by atoms with Gasteiger partial charge in [0, 0.05) is 24.4 Å². The van der Waals surface area contributed by atoms with Gasteiger partial charge >= 0.3 is 0 Å². The number of aromatic hydroxyl groups is 1. The number of carbonyl (C=O) groups is 1. The Hall–Kier alpha value is -3.37. The normalized spacial score (nSPS) is 19.7. The number of hydrogen-bond donors (Lipinski definition) is 1. The lowest BCUT2D eigenvalue weighted by atomic mass is 9.96. The van der Waals surface area contributed by atoms with Crippen LogP contribution in [-0.2, 0) is 0 Å². The van der Waals surface area contributed by atoms with Crippen LogP contribution in [0, 0.1) is 5.82 Å². The number of hydrogen-bond acceptors (Lipinski definition) is 5. The number of amides is 1. The van der Waals surface area contributed by atoms with Crippen LogP contribution < -0.4 is 15.2 Å². The summed E-state index contributed by atoms with van der Waals surface area (Å²) in [6.07, 6.45) is 4.43. The molecule has 5 rings (SSSR count). The minimum atomic E-state index is -0.644. The van der Waals surface area contributed by atoms with Crippen molar-refractivity contribution in [2.75, 3.05) is 18.2 Å². The summed E-state index contributed by atoms with van der Waals surface area (Å²) in [5.41, 5.74) is 0.607. The van der Waals surface area contributed by atoms with Crippen molar-refractivity contribution in [1.29, 1.82) is 0 Å². The lowest BCUT2D eigenvalue weighted by Gasteiger charge is -2.48. The molecule has 0 fully saturated rings. The first kappa shape index (κ1) is 26.2. The monoisotopic (exact) mass is 515 g/mol. The molecular weight excluding hydrogens is 489 g/mol. The molecule has 1 amide bonds. The maximum Gasteiger partial charge on any atom is 0.278 e. The summed E-state index contributed by atoms with van der Waals surface area (Å²) < 4.78 is 22.3. The van der Waals surface area contributed by atoms with E-state index in [1.165, 1.54) is 23.0 Å². The van der Waals surface area contributed by atoms with Crippen LogP contribution in [0.5, 0.6) is 11.5 Å². The fraction of sp³-hybridized carbons (Fsp3) is 0.200. The van der Waals surface area contributed by atoms with Crippen molar-refractivity contribution in [2.24, 2.45) is 0 Å². The number of halogens is 1. The summed E-state index contributed by atoms with van der Waals surface area (Å²) in [5, 5.41) is 12.4. The minimum Gasteiger partial charge on any atom is -0.502 e. The summed E-state index contributed by atoms with van der Waals surface area (Å²) in [5.74, 6) is -1.47. The average Bonchev–Trinajstić information content (AvgIpc) is 2.83. The topological polar surface area (TPSA) is 75.0 Å². The Bertz CT molecular complexity index is 1320. The van der Waals surface area contributed by atoms with E-state index >= 15 is 0 Å². The third kappa shape index (κ3) is 4.39. The molecule has 3 heterocycles. The molecule has 1 aromatic heterocycles. The third-order valence-corrected chi connectivity index (χ3v) is 6.06. The number of nitrogens with zero attached hydrogens (tertiary/aromatic N) is 3. The number of ether oxygens (including phenoxy) is 1. The summed E-state index contributed by atoms with van der Waals surface area (Å²) in [7, 11) is 0. The van der Waals surface area contributed by atoms with E-state index in [2.05, 4.69) is 0 Å². The van der Waals surface area contributed by atoms with Crippen molar-refractivity contribution in [2.45, 2.75) is 19.1 Å². The van der Waals surface area contributed by atoms with Gasteiger partial charge in [-0.2, -0.15) is 27.0 Å². The van der Waals surface area contributed by atoms with Crippen LogP contribution in [0.4, 0.5) is 4.39 Å². The lowest BCUT2D eigenvalue weighted by molar-refractivity contribution is 0.0604. The molecular formula is C25H26FN3O4S2. The Labute approximate surface area is 215 Å². The molecule has 0 radical (unpaired) electrons. The van der Waals surface area contributed by atoms with E-state index in [0.29, 0.717) is 5.56 Å². The SMILES string of the molecule is C[C@H]1N2C/C=C/COc3c(F)cccc3[C@H](c3ccccc3)N1n1ccc(=O)c(O)c1C2=O.S.S. The first-order valence-corrected chi connectivity index (χ1v) is 10.6. The molecule has 2 atom stereocenters. The zero-order valence-corrected chi connectivity index (χ0v) is 20.9. The van der Waals surface area contributed by atoms with Crippen LogP contribution in [0.15, 0.2) is 77.7 Å². The smallest absolute Gasteiger partial charge is 0.278 e. The van der Waals surface area contributed by atoms with Crippen molar-refractivity contribution in [3.05, 3.63) is 106 Å². The first-order chi connectivity index (χ1) is 16.0. The van der Waals surface area contributed by atoms with Crippen molar-refractivity contribution in [1.82, 2.24) is 9.58 Å². The van der Waals surface area contributed by atoms with Crippen molar-refractivity contribution in [3.8, 4) is 11.5 Å². The molecule has 0 saturated carbocycles. The predicted molar refractivity (Wildman–Crippen MR) is 141 cm³/mol. The Balaban J connectivity index is 0.00000171. The van der Waals surface area contributed by atoms with Gasteiger partial charge in [-0.15, -0.1) is 0 Å². The van der Waals surface area contributed by atoms with Gasteiger partial charge in [-0.1, -0.05) is 48.5 Å². The standard InChI is InChI=1S/C25H22FN3O4.2H2S/c1-16-27-13-5-6-15-33-24-18(10-7-11-19(24)26)21(17-8-3-2-4-9-17)29(16)28-14-12-20(30)23(31)22(28)25(27)32;;/h2-12,14,16,21,31H,13,15H2,1H3;2*1H2/b6-5+;;/t16-,21-;;/m0../s1. The van der Waals surface area contributed by atoms with E-state index in [0.717, 1.165) is 5.56 Å². The Morgan fingerprint density at radius 2 is 1.74 bits per heavy atom. The molecule has 1 N–H and O–H groups in total. The van der Waals surface area contributed by atoms with Gasteiger partial charge in [-0.3, -0.25) is 19.3 Å². The van der Waals surface area contributed by atoms with Crippen LogP contribution >= 0.6 is 27.0 Å². The van der Waals surface area contributed by atoms with Gasteiger partial charge in [-0.05, 0) is 24.6 Å². The van der Waals surface area contributed by atoms with Crippen LogP contribution in [0.2, 0.25) is 0 Å². The van der Waals surface area contributed by atoms with Gasteiger partial charge in [0.05, 0.1) is 0 Å². The molecule has 7 nitrogen and oxygen atoms in total. The number of carbonyl (C=O) groups excluding carboxylic acids is 1. The molecule has 184 valence electrons. The van der Waals surface area contributed by atoms with Gasteiger partial charge in [0.1, 0.15) is 18.8 Å². The highest BCUT2D eigenvalue weighted by Crippen LogP contribution is 2.39. The maximum absolute atomic E-state index is 15.0. The largest absolute Gasteiger partial charge is 0.502 e. The zero-order chi connectivity index (χ0) is 23.1. The molecule has 0 aliphatic carbocycles. The quantitative estimate of drug-likeness (QED) is 0.503. The number of para-hydroxylation sites is 1. The van der Waals surface area contributed by atoms with Crippen LogP contribution in [0.25, 0.3) is 0 Å². The number of benzene rings is 2. The van der Waals surface area contributed by atoms with E-state index in [9.17, 15) is 19.1 Å². The van der Waals surface area contributed by atoms with Crippen LogP contribution in [-0.4, -0.2) is 39.9 Å². The lowest BCUT2D eigenvalue weighted by Crippen LogP contribution is -2.61. The minimum absolute atomic E-state index is 0. The molecule has 2 aromatic carbocycles. The first-order valence-electron chi connectivity index (χ1n) is 10.6. The van der Waals surface area contributed by atoms with E-state index in [1.54, 1.807) is 29.2 Å². The highest BCUT2D eigenvalue weighted by atomic mass is 32.1. The molecule has 0 saturated heterocycles. The number of fused-ring (bicyclic) bond motifs is 5. The zero-order valence-electron chi connectivity index (χ0n) is 18.9. The van der Waals surface area contributed by atoms with Crippen molar-refractivity contribution < 1.29 is 19.0 Å². The molecule has 2 bridgehead atoms. The van der Waals surface area contributed by atoms with Gasteiger partial charge in [0.2, 0.25) is 5.43 Å². The Morgan fingerprint density at radius 3 is 2.49 bits per heavy atom. The molecule has 10 heteroatoms. The number of rotatable bonds is 1. The average molecular weight is 516 g/mol. The second kappa shape index (κ2) is 10.5. The van der Waals surface area contributed by atoms with Gasteiger partial charge in [0.15, 0.2) is 23.0 Å². The van der Waals surface area contributed by atoms with E-state index in [1.807, 2.05) is 42.3 Å². The summed E-state index contributed by atoms with van der Waals surface area (Å²) in [6.45, 7) is 2.21. The summed E-state index contributed by atoms with van der Waals surface area (Å²) in [4.78, 5) is 27.1. The number of aromatic nitrogens is 1. The van der Waals surface area contributed by atoms with Crippen LogP contribution in [0.3, 0.4) is 0 Å². The molecule has 3 aromatic rings. The van der Waals surface area contributed by atoms with Gasteiger partial charge in [-0.25, -0.2) is 4.39 Å². The molecule has 2 aliphatic heterocycles. The molecule has 0 unspecified atom stereocenters. The predicted octanol–water partition coefficient (Wildman–Crippen LogP) is 3.40.